The summed E-state index contributed by atoms with van der Waals surface area (Å²) in [6.07, 6.45) is 1.52. The first kappa shape index (κ1) is 13.2. The number of benzene rings is 2. The lowest BCUT2D eigenvalue weighted by Crippen LogP contribution is -1.97. The number of methoxy groups -OCH3 is 2. The SMILES string of the molecule is COc1ccc(Nc2ncnc3c(OC)cccc23)cc1. The number of hydrogen-bond acceptors (Lipinski definition) is 5. The maximum Gasteiger partial charge on any atom is 0.145 e. The van der Waals surface area contributed by atoms with Crippen LogP contribution in [-0.2, 0) is 0 Å². The highest BCUT2D eigenvalue weighted by Gasteiger charge is 2.08. The molecule has 21 heavy (non-hydrogen) atoms. The maximum atomic E-state index is 5.33. The minimum absolute atomic E-state index is 0.729. The smallest absolute Gasteiger partial charge is 0.145 e. The number of nitrogens with one attached hydrogen (secondary N) is 1. The lowest BCUT2D eigenvalue weighted by molar-refractivity contribution is 0.415. The van der Waals surface area contributed by atoms with Crippen LogP contribution in [0.2, 0.25) is 0 Å². The van der Waals surface area contributed by atoms with E-state index in [-0.39, 0.29) is 0 Å². The van der Waals surface area contributed by atoms with Crippen LogP contribution in [0, 0.1) is 0 Å². The first-order valence-electron chi connectivity index (χ1n) is 6.50. The molecule has 1 N–H and O–H groups in total. The summed E-state index contributed by atoms with van der Waals surface area (Å²) in [5, 5.41) is 4.20. The molecule has 106 valence electrons. The van der Waals surface area contributed by atoms with E-state index in [9.17, 15) is 0 Å². The molecule has 0 aliphatic rings. The highest BCUT2D eigenvalue weighted by atomic mass is 16.5. The zero-order chi connectivity index (χ0) is 14.7. The number of rotatable bonds is 4. The van der Waals surface area contributed by atoms with Crippen molar-refractivity contribution in [2.75, 3.05) is 19.5 Å². The van der Waals surface area contributed by atoms with Crippen molar-refractivity contribution in [3.63, 3.8) is 0 Å². The van der Waals surface area contributed by atoms with Crippen LogP contribution >= 0.6 is 0 Å². The molecule has 1 heterocycles. The molecule has 0 spiro atoms. The molecule has 0 radical (unpaired) electrons. The summed E-state index contributed by atoms with van der Waals surface area (Å²) in [6.45, 7) is 0. The lowest BCUT2D eigenvalue weighted by Gasteiger charge is -2.10. The van der Waals surface area contributed by atoms with E-state index in [0.29, 0.717) is 0 Å². The third kappa shape index (κ3) is 2.58. The summed E-state index contributed by atoms with van der Waals surface area (Å²) in [6, 6.07) is 13.4. The maximum absolute atomic E-state index is 5.33. The van der Waals surface area contributed by atoms with Gasteiger partial charge in [0.25, 0.3) is 0 Å². The summed E-state index contributed by atoms with van der Waals surface area (Å²) in [7, 11) is 3.28. The molecule has 3 aromatic rings. The van der Waals surface area contributed by atoms with E-state index in [4.69, 9.17) is 9.47 Å². The van der Waals surface area contributed by atoms with Gasteiger partial charge in [0.05, 0.1) is 14.2 Å². The molecule has 0 fully saturated rings. The molecule has 5 nitrogen and oxygen atoms in total. The van der Waals surface area contributed by atoms with Gasteiger partial charge < -0.3 is 14.8 Å². The fraction of sp³-hybridized carbons (Fsp3) is 0.125. The molecule has 0 aliphatic heterocycles. The van der Waals surface area contributed by atoms with Crippen LogP contribution in [0.25, 0.3) is 10.9 Å². The second kappa shape index (κ2) is 5.66. The van der Waals surface area contributed by atoms with Gasteiger partial charge in [-0.25, -0.2) is 9.97 Å². The van der Waals surface area contributed by atoms with Crippen molar-refractivity contribution in [2.24, 2.45) is 0 Å². The summed E-state index contributed by atoms with van der Waals surface area (Å²) < 4.78 is 10.5. The molecular formula is C16H15N3O2. The largest absolute Gasteiger partial charge is 0.497 e. The number of aromatic nitrogens is 2. The van der Waals surface area contributed by atoms with Crippen LogP contribution in [0.5, 0.6) is 11.5 Å². The van der Waals surface area contributed by atoms with E-state index in [0.717, 1.165) is 33.9 Å². The van der Waals surface area contributed by atoms with Gasteiger partial charge in [-0.1, -0.05) is 6.07 Å². The van der Waals surface area contributed by atoms with Crippen LogP contribution < -0.4 is 14.8 Å². The highest BCUT2D eigenvalue weighted by molar-refractivity contribution is 5.94. The van der Waals surface area contributed by atoms with Crippen LogP contribution in [0.15, 0.2) is 48.8 Å². The van der Waals surface area contributed by atoms with Crippen molar-refractivity contribution < 1.29 is 9.47 Å². The van der Waals surface area contributed by atoms with Gasteiger partial charge in [0.15, 0.2) is 0 Å². The zero-order valence-corrected chi connectivity index (χ0v) is 11.8. The Labute approximate surface area is 122 Å². The Bertz CT molecular complexity index is 757. The Morgan fingerprint density at radius 2 is 1.71 bits per heavy atom. The fourth-order valence-electron chi connectivity index (χ4n) is 2.14. The van der Waals surface area contributed by atoms with Crippen LogP contribution in [0.1, 0.15) is 0 Å². The summed E-state index contributed by atoms with van der Waals surface area (Å²) in [5.41, 5.74) is 1.71. The molecule has 1 aromatic heterocycles. The molecule has 0 atom stereocenters. The van der Waals surface area contributed by atoms with Crippen LogP contribution in [0.4, 0.5) is 11.5 Å². The summed E-state index contributed by atoms with van der Waals surface area (Å²) in [5.74, 6) is 2.28. The van der Waals surface area contributed by atoms with Crippen molar-refractivity contribution in [1.29, 1.82) is 0 Å². The second-order valence-corrected chi connectivity index (χ2v) is 4.43. The Kier molecular flexibility index (Phi) is 3.55. The Balaban J connectivity index is 2.00. The average molecular weight is 281 g/mol. The average Bonchev–Trinajstić information content (AvgIpc) is 2.55. The van der Waals surface area contributed by atoms with Crippen molar-refractivity contribution in [3.8, 4) is 11.5 Å². The number of para-hydroxylation sites is 1. The third-order valence-corrected chi connectivity index (χ3v) is 3.20. The van der Waals surface area contributed by atoms with E-state index in [1.807, 2.05) is 42.5 Å². The van der Waals surface area contributed by atoms with Gasteiger partial charge in [-0.05, 0) is 36.4 Å². The third-order valence-electron chi connectivity index (χ3n) is 3.20. The molecule has 0 unspecified atom stereocenters. The normalized spacial score (nSPS) is 10.4. The quantitative estimate of drug-likeness (QED) is 0.794. The Morgan fingerprint density at radius 1 is 0.905 bits per heavy atom. The zero-order valence-electron chi connectivity index (χ0n) is 11.8. The van der Waals surface area contributed by atoms with Gasteiger partial charge >= 0.3 is 0 Å². The molecule has 3 rings (SSSR count). The van der Waals surface area contributed by atoms with Crippen LogP contribution in [-0.4, -0.2) is 24.2 Å². The number of anilines is 2. The Morgan fingerprint density at radius 3 is 2.43 bits per heavy atom. The van der Waals surface area contributed by atoms with Gasteiger partial charge in [0, 0.05) is 11.1 Å². The van der Waals surface area contributed by atoms with Gasteiger partial charge in [0.2, 0.25) is 0 Å². The predicted octanol–water partition coefficient (Wildman–Crippen LogP) is 3.39. The number of fused-ring (bicyclic) bond motifs is 1. The highest BCUT2D eigenvalue weighted by Crippen LogP contribution is 2.29. The van der Waals surface area contributed by atoms with E-state index in [2.05, 4.69) is 15.3 Å². The van der Waals surface area contributed by atoms with Gasteiger partial charge in [-0.2, -0.15) is 0 Å². The van der Waals surface area contributed by atoms with E-state index in [1.54, 1.807) is 14.2 Å². The van der Waals surface area contributed by atoms with Gasteiger partial charge in [-0.3, -0.25) is 0 Å². The predicted molar refractivity (Wildman–Crippen MR) is 82.4 cm³/mol. The molecule has 0 amide bonds. The molecule has 0 saturated carbocycles. The molecule has 0 bridgehead atoms. The molecule has 0 aliphatic carbocycles. The van der Waals surface area contributed by atoms with Gasteiger partial charge in [0.1, 0.15) is 29.2 Å². The summed E-state index contributed by atoms with van der Waals surface area (Å²) in [4.78, 5) is 8.60. The molecule has 5 heteroatoms. The Hall–Kier alpha value is -2.82. The van der Waals surface area contributed by atoms with E-state index < -0.39 is 0 Å². The number of ether oxygens (including phenoxy) is 2. The first-order valence-corrected chi connectivity index (χ1v) is 6.50. The number of hydrogen-bond donors (Lipinski definition) is 1. The minimum Gasteiger partial charge on any atom is -0.497 e. The summed E-state index contributed by atoms with van der Waals surface area (Å²) >= 11 is 0. The molecule has 2 aromatic carbocycles. The van der Waals surface area contributed by atoms with E-state index in [1.165, 1.54) is 6.33 Å². The minimum atomic E-state index is 0.729. The van der Waals surface area contributed by atoms with Crippen LogP contribution in [0.3, 0.4) is 0 Å². The second-order valence-electron chi connectivity index (χ2n) is 4.43. The fourth-order valence-corrected chi connectivity index (χ4v) is 2.14. The van der Waals surface area contributed by atoms with Gasteiger partial charge in [-0.15, -0.1) is 0 Å². The lowest BCUT2D eigenvalue weighted by atomic mass is 10.2. The van der Waals surface area contributed by atoms with E-state index >= 15 is 0 Å². The van der Waals surface area contributed by atoms with Crippen molar-refractivity contribution in [1.82, 2.24) is 9.97 Å². The molecular weight excluding hydrogens is 266 g/mol. The van der Waals surface area contributed by atoms with Crippen molar-refractivity contribution in [3.05, 3.63) is 48.8 Å². The number of nitrogens with zero attached hydrogens (tertiary/aromatic N) is 2. The monoisotopic (exact) mass is 281 g/mol. The standard InChI is InChI=1S/C16H15N3O2/c1-20-12-8-6-11(7-9-12)19-16-13-4-3-5-14(21-2)15(13)17-10-18-16/h3-10H,1-2H3,(H,17,18,19). The van der Waals surface area contributed by atoms with Crippen molar-refractivity contribution in [2.45, 2.75) is 0 Å². The first-order chi connectivity index (χ1) is 10.3. The molecule has 0 saturated heterocycles. The topological polar surface area (TPSA) is 56.3 Å². The van der Waals surface area contributed by atoms with Crippen molar-refractivity contribution >= 4 is 22.4 Å².